The Bertz CT molecular complexity index is 1040. The van der Waals surface area contributed by atoms with E-state index >= 15 is 0 Å². The molecule has 2 aromatic rings. The molecule has 2 aliphatic carbocycles. The number of pyridine rings is 1. The number of hydrogen-bond acceptors (Lipinski definition) is 3. The number of alkyl halides is 5. The van der Waals surface area contributed by atoms with Crippen LogP contribution in [0.1, 0.15) is 72.4 Å². The maximum Gasteiger partial charge on any atom is 0.435 e. The van der Waals surface area contributed by atoms with Gasteiger partial charge in [-0.3, -0.25) is 9.20 Å². The largest absolute Gasteiger partial charge is 0.435 e. The van der Waals surface area contributed by atoms with Crippen LogP contribution < -0.4 is 5.32 Å². The van der Waals surface area contributed by atoms with Crippen molar-refractivity contribution in [3.63, 3.8) is 0 Å². The molecule has 0 aromatic carbocycles. The van der Waals surface area contributed by atoms with E-state index in [0.29, 0.717) is 0 Å². The van der Waals surface area contributed by atoms with E-state index in [1.54, 1.807) is 0 Å². The first-order valence-electron chi connectivity index (χ1n) is 10.3. The van der Waals surface area contributed by atoms with E-state index in [-0.39, 0.29) is 66.7 Å². The molecule has 0 bridgehead atoms. The minimum absolute atomic E-state index is 0.0275. The Labute approximate surface area is 175 Å². The first-order chi connectivity index (χ1) is 14.6. The van der Waals surface area contributed by atoms with Gasteiger partial charge >= 0.3 is 6.18 Å². The third kappa shape index (κ3) is 4.36. The summed E-state index contributed by atoms with van der Waals surface area (Å²) >= 11 is 0. The minimum atomic E-state index is -4.78. The lowest BCUT2D eigenvalue weighted by molar-refractivity contribution is -0.141. The third-order valence-electron chi connectivity index (χ3n) is 6.22. The average molecular weight is 440 g/mol. The lowest BCUT2D eigenvalue weighted by atomic mass is 9.83. The Kier molecular flexibility index (Phi) is 5.40. The number of carbonyl (C=O) groups excluding carboxylic acids is 1. The highest BCUT2D eigenvalue weighted by Crippen LogP contribution is 2.40. The van der Waals surface area contributed by atoms with E-state index < -0.39 is 23.7 Å². The maximum atomic E-state index is 13.7. The van der Waals surface area contributed by atoms with E-state index in [1.165, 1.54) is 12.1 Å². The van der Waals surface area contributed by atoms with Gasteiger partial charge in [-0.05, 0) is 56.6 Å². The zero-order valence-electron chi connectivity index (χ0n) is 16.6. The molecule has 2 aliphatic rings. The highest BCUT2D eigenvalue weighted by Gasteiger charge is 2.41. The predicted molar refractivity (Wildman–Crippen MR) is 101 cm³/mol. The molecule has 2 saturated carbocycles. The molecule has 166 valence electrons. The Hall–Kier alpha value is -2.70. The number of carbonyl (C=O) groups is 1. The van der Waals surface area contributed by atoms with Gasteiger partial charge in [-0.25, -0.2) is 13.8 Å². The van der Waals surface area contributed by atoms with Crippen molar-refractivity contribution in [2.45, 2.75) is 69.5 Å². The molecular formula is C21H21F5N4O. The molecule has 0 spiro atoms. The van der Waals surface area contributed by atoms with Crippen molar-refractivity contribution in [2.24, 2.45) is 5.92 Å². The quantitative estimate of drug-likeness (QED) is 0.690. The van der Waals surface area contributed by atoms with Gasteiger partial charge in [0.1, 0.15) is 17.4 Å². The molecule has 4 rings (SSSR count). The average Bonchev–Trinajstić information content (AvgIpc) is 3.04. The van der Waals surface area contributed by atoms with Gasteiger partial charge in [0.2, 0.25) is 5.92 Å². The number of nitrogens with one attached hydrogen (secondary N) is 1. The summed E-state index contributed by atoms with van der Waals surface area (Å²) in [5.41, 5.74) is -1.59. The lowest BCUT2D eigenvalue weighted by Gasteiger charge is -2.28. The Morgan fingerprint density at radius 1 is 1.23 bits per heavy atom. The van der Waals surface area contributed by atoms with Crippen LogP contribution in [0.4, 0.5) is 22.0 Å². The molecule has 31 heavy (non-hydrogen) atoms. The van der Waals surface area contributed by atoms with Crippen molar-refractivity contribution in [3.8, 4) is 6.07 Å². The maximum absolute atomic E-state index is 13.7. The molecule has 0 aliphatic heterocycles. The van der Waals surface area contributed by atoms with Crippen molar-refractivity contribution in [3.05, 3.63) is 34.8 Å². The SMILES string of the molecule is N#Cc1cc(C(=O)NC2CCC2)cc2nc(C(F)(F)F)c(CC3CCC(F)(F)CC3)n12. The molecule has 0 saturated heterocycles. The van der Waals surface area contributed by atoms with E-state index in [1.807, 2.05) is 6.07 Å². The number of aromatic nitrogens is 2. The predicted octanol–water partition coefficient (Wildman–Crippen LogP) is 4.88. The van der Waals surface area contributed by atoms with Crippen molar-refractivity contribution < 1.29 is 26.7 Å². The molecule has 2 fully saturated rings. The number of fused-ring (bicyclic) bond motifs is 1. The molecule has 1 N–H and O–H groups in total. The van der Waals surface area contributed by atoms with E-state index in [2.05, 4.69) is 10.3 Å². The summed E-state index contributed by atoms with van der Waals surface area (Å²) in [6, 6.07) is 4.38. The summed E-state index contributed by atoms with van der Waals surface area (Å²) in [4.78, 5) is 16.2. The van der Waals surface area contributed by atoms with Gasteiger partial charge in [0.25, 0.3) is 5.91 Å². The normalized spacial score (nSPS) is 19.7. The van der Waals surface area contributed by atoms with Crippen LogP contribution in [-0.2, 0) is 12.6 Å². The smallest absolute Gasteiger partial charge is 0.349 e. The third-order valence-corrected chi connectivity index (χ3v) is 6.22. The number of nitriles is 1. The fraction of sp³-hybridized carbons (Fsp3) is 0.571. The summed E-state index contributed by atoms with van der Waals surface area (Å²) in [5.74, 6) is -3.62. The van der Waals surface area contributed by atoms with E-state index in [4.69, 9.17) is 0 Å². The molecule has 2 heterocycles. The standard InChI is InChI=1S/C21H21F5N4O/c22-20(23)6-4-12(5-7-20)8-16-18(21(24,25)26)29-17-10-13(9-15(11-27)30(16)17)19(31)28-14-2-1-3-14/h9-10,12,14H,1-8H2,(H,28,31). The highest BCUT2D eigenvalue weighted by atomic mass is 19.4. The van der Waals surface area contributed by atoms with Crippen molar-refractivity contribution in [1.29, 1.82) is 5.26 Å². The summed E-state index contributed by atoms with van der Waals surface area (Å²) in [5, 5.41) is 12.4. The second-order valence-corrected chi connectivity index (χ2v) is 8.44. The molecular weight excluding hydrogens is 419 g/mol. The molecule has 0 unspecified atom stereocenters. The summed E-state index contributed by atoms with van der Waals surface area (Å²) in [6.07, 6.45) is -2.76. The van der Waals surface area contributed by atoms with Crippen LogP contribution in [0.15, 0.2) is 12.1 Å². The van der Waals surface area contributed by atoms with Crippen LogP contribution in [0.3, 0.4) is 0 Å². The number of imidazole rings is 1. The topological polar surface area (TPSA) is 70.2 Å². The fourth-order valence-corrected chi connectivity index (χ4v) is 4.26. The van der Waals surface area contributed by atoms with Crippen molar-refractivity contribution in [1.82, 2.24) is 14.7 Å². The fourth-order valence-electron chi connectivity index (χ4n) is 4.26. The van der Waals surface area contributed by atoms with Crippen molar-refractivity contribution in [2.75, 3.05) is 0 Å². The minimum Gasteiger partial charge on any atom is -0.349 e. The number of nitrogens with zero attached hydrogens (tertiary/aromatic N) is 3. The van der Waals surface area contributed by atoms with Crippen LogP contribution in [-0.4, -0.2) is 27.3 Å². The zero-order valence-corrected chi connectivity index (χ0v) is 16.6. The molecule has 0 atom stereocenters. The number of rotatable bonds is 4. The first-order valence-corrected chi connectivity index (χ1v) is 10.3. The molecule has 5 nitrogen and oxygen atoms in total. The van der Waals surface area contributed by atoms with Gasteiger partial charge in [0.15, 0.2) is 5.69 Å². The number of halogens is 5. The van der Waals surface area contributed by atoms with Gasteiger partial charge in [-0.1, -0.05) is 0 Å². The Balaban J connectivity index is 1.73. The van der Waals surface area contributed by atoms with Crippen molar-refractivity contribution >= 4 is 11.6 Å². The van der Waals surface area contributed by atoms with Gasteiger partial charge in [0.05, 0.1) is 5.69 Å². The van der Waals surface area contributed by atoms with Gasteiger partial charge in [-0.15, -0.1) is 0 Å². The first kappa shape index (κ1) is 21.5. The highest BCUT2D eigenvalue weighted by molar-refractivity contribution is 5.95. The number of amides is 1. The summed E-state index contributed by atoms with van der Waals surface area (Å²) < 4.78 is 69.2. The Morgan fingerprint density at radius 3 is 2.45 bits per heavy atom. The van der Waals surface area contributed by atoms with E-state index in [0.717, 1.165) is 23.7 Å². The van der Waals surface area contributed by atoms with Crippen LogP contribution >= 0.6 is 0 Å². The Morgan fingerprint density at radius 2 is 1.90 bits per heavy atom. The second-order valence-electron chi connectivity index (χ2n) is 8.44. The second kappa shape index (κ2) is 7.77. The van der Waals surface area contributed by atoms with Crippen LogP contribution in [0, 0.1) is 17.2 Å². The van der Waals surface area contributed by atoms with Crippen LogP contribution in [0.5, 0.6) is 0 Å². The molecule has 0 radical (unpaired) electrons. The molecule has 1 amide bonds. The van der Waals surface area contributed by atoms with Gasteiger partial charge < -0.3 is 5.32 Å². The summed E-state index contributed by atoms with van der Waals surface area (Å²) in [7, 11) is 0. The molecule has 2 aromatic heterocycles. The monoisotopic (exact) mass is 440 g/mol. The number of hydrogen-bond donors (Lipinski definition) is 1. The zero-order chi connectivity index (χ0) is 22.4. The molecule has 10 heteroatoms. The summed E-state index contributed by atoms with van der Waals surface area (Å²) in [6.45, 7) is 0. The van der Waals surface area contributed by atoms with Gasteiger partial charge in [0, 0.05) is 24.4 Å². The van der Waals surface area contributed by atoms with Crippen LogP contribution in [0.25, 0.3) is 5.65 Å². The lowest BCUT2D eigenvalue weighted by Crippen LogP contribution is -2.39. The van der Waals surface area contributed by atoms with Gasteiger partial charge in [-0.2, -0.15) is 18.4 Å². The van der Waals surface area contributed by atoms with Crippen LogP contribution in [0.2, 0.25) is 0 Å². The van der Waals surface area contributed by atoms with E-state index in [9.17, 15) is 32.0 Å².